The van der Waals surface area contributed by atoms with Crippen LogP contribution in [-0.2, 0) is 13.0 Å². The van der Waals surface area contributed by atoms with E-state index in [1.54, 1.807) is 0 Å². The molecule has 0 bridgehead atoms. The third kappa shape index (κ3) is 2.32. The van der Waals surface area contributed by atoms with Crippen LogP contribution in [-0.4, -0.2) is 18.2 Å². The van der Waals surface area contributed by atoms with Crippen molar-refractivity contribution in [2.75, 3.05) is 13.3 Å². The van der Waals surface area contributed by atoms with Crippen LogP contribution in [0, 0.1) is 0 Å². The van der Waals surface area contributed by atoms with Crippen molar-refractivity contribution in [3.05, 3.63) is 29.3 Å². The number of benzene rings is 1. The van der Waals surface area contributed by atoms with E-state index in [4.69, 9.17) is 4.74 Å². The third-order valence-corrected chi connectivity index (χ3v) is 2.87. The molecule has 2 heteroatoms. The van der Waals surface area contributed by atoms with Crippen molar-refractivity contribution < 1.29 is 4.74 Å². The van der Waals surface area contributed by atoms with Gasteiger partial charge in [0.15, 0.2) is 0 Å². The van der Waals surface area contributed by atoms with Gasteiger partial charge >= 0.3 is 0 Å². The lowest BCUT2D eigenvalue weighted by atomic mass is 10.1. The minimum atomic E-state index is 0.742. The largest absolute Gasteiger partial charge is 0.478 e. The summed E-state index contributed by atoms with van der Waals surface area (Å²) in [5.41, 5.74) is 2.74. The summed E-state index contributed by atoms with van der Waals surface area (Å²) in [6.07, 6.45) is 2.28. The first kappa shape index (κ1) is 10.5. The van der Waals surface area contributed by atoms with E-state index >= 15 is 0 Å². The summed E-state index contributed by atoms with van der Waals surface area (Å²) in [6, 6.07) is 6.54. The molecule has 1 aromatic carbocycles. The van der Waals surface area contributed by atoms with E-state index < -0.39 is 0 Å². The highest BCUT2D eigenvalue weighted by atomic mass is 16.5. The lowest BCUT2D eigenvalue weighted by Gasteiger charge is -2.28. The van der Waals surface area contributed by atoms with Crippen LogP contribution in [0.5, 0.6) is 5.75 Å². The van der Waals surface area contributed by atoms with Crippen LogP contribution in [0.2, 0.25) is 0 Å². The molecular weight excluding hydrogens is 186 g/mol. The molecule has 0 N–H and O–H groups in total. The molecule has 0 atom stereocenters. The van der Waals surface area contributed by atoms with E-state index in [1.165, 1.54) is 17.5 Å². The predicted molar refractivity (Wildman–Crippen MR) is 62.0 cm³/mol. The van der Waals surface area contributed by atoms with Gasteiger partial charge in [-0.2, -0.15) is 0 Å². The zero-order valence-corrected chi connectivity index (χ0v) is 9.62. The molecule has 0 spiro atoms. The summed E-state index contributed by atoms with van der Waals surface area (Å²) in [5.74, 6) is 1.07. The third-order valence-electron chi connectivity index (χ3n) is 2.87. The van der Waals surface area contributed by atoms with Crippen LogP contribution in [0.4, 0.5) is 0 Å². The Morgan fingerprint density at radius 3 is 2.93 bits per heavy atom. The molecule has 1 aromatic rings. The number of aryl methyl sites for hydroxylation is 1. The van der Waals surface area contributed by atoms with Crippen LogP contribution < -0.4 is 4.74 Å². The summed E-state index contributed by atoms with van der Waals surface area (Å²) in [4.78, 5) is 2.35. The quantitative estimate of drug-likeness (QED) is 0.752. The number of rotatable bonds is 3. The van der Waals surface area contributed by atoms with E-state index in [-0.39, 0.29) is 0 Å². The Labute approximate surface area is 91.9 Å². The van der Waals surface area contributed by atoms with Gasteiger partial charge in [0.05, 0.1) is 0 Å². The number of hydrogen-bond donors (Lipinski definition) is 0. The molecular formula is C13H19NO. The zero-order chi connectivity index (χ0) is 10.7. The van der Waals surface area contributed by atoms with Gasteiger partial charge in [-0.1, -0.05) is 26.0 Å². The molecule has 82 valence electrons. The van der Waals surface area contributed by atoms with Gasteiger partial charge in [-0.15, -0.1) is 0 Å². The van der Waals surface area contributed by atoms with Gasteiger partial charge in [-0.05, 0) is 24.5 Å². The molecule has 0 fully saturated rings. The number of hydrogen-bond acceptors (Lipinski definition) is 2. The molecule has 0 aromatic heterocycles. The first-order valence-electron chi connectivity index (χ1n) is 5.80. The molecule has 0 unspecified atom stereocenters. The van der Waals surface area contributed by atoms with Gasteiger partial charge < -0.3 is 4.74 Å². The smallest absolute Gasteiger partial charge is 0.142 e. The second-order valence-corrected chi connectivity index (χ2v) is 4.12. The fourth-order valence-corrected chi connectivity index (χ4v) is 2.02. The summed E-state index contributed by atoms with van der Waals surface area (Å²) in [5, 5.41) is 0. The van der Waals surface area contributed by atoms with Crippen LogP contribution >= 0.6 is 0 Å². The van der Waals surface area contributed by atoms with E-state index in [0.29, 0.717) is 0 Å². The van der Waals surface area contributed by atoms with Crippen molar-refractivity contribution >= 4 is 0 Å². The maximum atomic E-state index is 5.71. The number of nitrogens with zero attached hydrogens (tertiary/aromatic N) is 1. The first-order chi connectivity index (χ1) is 7.33. The second kappa shape index (κ2) is 4.67. The molecule has 0 amide bonds. The maximum Gasteiger partial charge on any atom is 0.142 e. The highest BCUT2D eigenvalue weighted by Crippen LogP contribution is 2.26. The Hall–Kier alpha value is -1.02. The number of fused-ring (bicyclic) bond motifs is 1. The minimum Gasteiger partial charge on any atom is -0.478 e. The number of ether oxygens (including phenoxy) is 1. The van der Waals surface area contributed by atoms with E-state index in [1.807, 2.05) is 0 Å². The predicted octanol–water partition coefficient (Wildman–Crippen LogP) is 2.81. The van der Waals surface area contributed by atoms with Crippen LogP contribution in [0.25, 0.3) is 0 Å². The van der Waals surface area contributed by atoms with Crippen molar-refractivity contribution in [1.29, 1.82) is 0 Å². The fourth-order valence-electron chi connectivity index (χ4n) is 2.02. The summed E-state index contributed by atoms with van der Waals surface area (Å²) in [7, 11) is 0. The summed E-state index contributed by atoms with van der Waals surface area (Å²) < 4.78 is 5.71. The summed E-state index contributed by atoms with van der Waals surface area (Å²) >= 11 is 0. The SMILES string of the molecule is CCCN1COc2ccc(CC)cc2C1. The van der Waals surface area contributed by atoms with Gasteiger partial charge in [-0.25, -0.2) is 0 Å². The lowest BCUT2D eigenvalue weighted by Crippen LogP contribution is -2.32. The average molecular weight is 205 g/mol. The Morgan fingerprint density at radius 2 is 2.20 bits per heavy atom. The standard InChI is InChI=1S/C13H19NO/c1-3-7-14-9-12-8-11(4-2)5-6-13(12)15-10-14/h5-6,8H,3-4,7,9-10H2,1-2H3. The van der Waals surface area contributed by atoms with Gasteiger partial charge in [0.1, 0.15) is 12.5 Å². The van der Waals surface area contributed by atoms with Gasteiger partial charge in [0.2, 0.25) is 0 Å². The van der Waals surface area contributed by atoms with Gasteiger partial charge in [0.25, 0.3) is 0 Å². The summed E-state index contributed by atoms with van der Waals surface area (Å²) in [6.45, 7) is 7.30. The minimum absolute atomic E-state index is 0.742. The van der Waals surface area contributed by atoms with Crippen molar-refractivity contribution in [1.82, 2.24) is 4.90 Å². The molecule has 1 aliphatic heterocycles. The Morgan fingerprint density at radius 1 is 1.33 bits per heavy atom. The van der Waals surface area contributed by atoms with Crippen LogP contribution in [0.15, 0.2) is 18.2 Å². The zero-order valence-electron chi connectivity index (χ0n) is 9.62. The lowest BCUT2D eigenvalue weighted by molar-refractivity contribution is 0.0955. The van der Waals surface area contributed by atoms with Crippen molar-refractivity contribution in [3.8, 4) is 5.75 Å². The molecule has 1 heterocycles. The molecule has 2 rings (SSSR count). The van der Waals surface area contributed by atoms with Gasteiger partial charge in [0, 0.05) is 18.7 Å². The van der Waals surface area contributed by atoms with E-state index in [0.717, 1.165) is 32.0 Å². The molecule has 1 aliphatic rings. The molecule has 0 radical (unpaired) electrons. The normalized spacial score (nSPS) is 15.9. The molecule has 0 aliphatic carbocycles. The first-order valence-corrected chi connectivity index (χ1v) is 5.80. The highest BCUT2D eigenvalue weighted by molar-refractivity contribution is 5.38. The van der Waals surface area contributed by atoms with Crippen molar-refractivity contribution in [2.45, 2.75) is 33.2 Å². The molecule has 2 nitrogen and oxygen atoms in total. The Kier molecular flexibility index (Phi) is 3.27. The van der Waals surface area contributed by atoms with Crippen LogP contribution in [0.1, 0.15) is 31.4 Å². The molecule has 0 saturated heterocycles. The highest BCUT2D eigenvalue weighted by Gasteiger charge is 2.16. The molecule has 15 heavy (non-hydrogen) atoms. The van der Waals surface area contributed by atoms with E-state index in [2.05, 4.69) is 36.9 Å². The van der Waals surface area contributed by atoms with Crippen LogP contribution in [0.3, 0.4) is 0 Å². The monoisotopic (exact) mass is 205 g/mol. The van der Waals surface area contributed by atoms with Crippen molar-refractivity contribution in [3.63, 3.8) is 0 Å². The average Bonchev–Trinajstić information content (AvgIpc) is 2.28. The Balaban J connectivity index is 2.16. The Bertz CT molecular complexity index is 335. The maximum absolute atomic E-state index is 5.71. The van der Waals surface area contributed by atoms with Gasteiger partial charge in [-0.3, -0.25) is 4.90 Å². The van der Waals surface area contributed by atoms with Crippen molar-refractivity contribution in [2.24, 2.45) is 0 Å². The fraction of sp³-hybridized carbons (Fsp3) is 0.538. The molecule has 0 saturated carbocycles. The topological polar surface area (TPSA) is 12.5 Å². The van der Waals surface area contributed by atoms with E-state index in [9.17, 15) is 0 Å². The second-order valence-electron chi connectivity index (χ2n) is 4.12.